The Hall–Kier alpha value is -1.68. The smallest absolute Gasteiger partial charge is 0.163 e. The molecule has 2 rings (SSSR count). The minimum atomic E-state index is 0.0508. The van der Waals surface area contributed by atoms with Crippen LogP contribution in [0.5, 0.6) is 5.75 Å². The topological polar surface area (TPSA) is 64.1 Å². The van der Waals surface area contributed by atoms with E-state index >= 15 is 0 Å². The van der Waals surface area contributed by atoms with E-state index in [2.05, 4.69) is 5.10 Å². The van der Waals surface area contributed by atoms with Crippen LogP contribution in [0.25, 0.3) is 11.3 Å². The molecular formula is C9H8ClN3O. The van der Waals surface area contributed by atoms with Crippen molar-refractivity contribution in [3.8, 4) is 17.0 Å². The predicted octanol–water partition coefficient (Wildman–Crippen LogP) is 1.62. The average Bonchev–Trinajstić information content (AvgIpc) is 2.47. The van der Waals surface area contributed by atoms with E-state index in [0.717, 1.165) is 10.4 Å². The van der Waals surface area contributed by atoms with Crippen LogP contribution in [0, 0.1) is 0 Å². The van der Waals surface area contributed by atoms with Crippen LogP contribution < -0.4 is 5.84 Å². The molecule has 2 aromatic rings. The zero-order chi connectivity index (χ0) is 10.1. The molecule has 0 saturated heterocycles. The van der Waals surface area contributed by atoms with Crippen molar-refractivity contribution in [2.45, 2.75) is 0 Å². The Morgan fingerprint density at radius 1 is 1.29 bits per heavy atom. The molecule has 1 aromatic heterocycles. The second-order valence-electron chi connectivity index (χ2n) is 2.85. The summed E-state index contributed by atoms with van der Waals surface area (Å²) < 4.78 is 0. The minimum absolute atomic E-state index is 0.0508. The first-order valence-electron chi connectivity index (χ1n) is 3.96. The van der Waals surface area contributed by atoms with Gasteiger partial charge in [-0.3, -0.25) is 0 Å². The van der Waals surface area contributed by atoms with E-state index in [1.54, 1.807) is 24.3 Å². The SMILES string of the molecule is Nn1cc(O)c(-c2ccc(Cl)cc2)n1. The fourth-order valence-corrected chi connectivity index (χ4v) is 1.32. The van der Waals surface area contributed by atoms with Crippen molar-refractivity contribution < 1.29 is 5.11 Å². The van der Waals surface area contributed by atoms with Gasteiger partial charge in [0.15, 0.2) is 5.75 Å². The fraction of sp³-hybridized carbons (Fsp3) is 0. The van der Waals surface area contributed by atoms with Gasteiger partial charge in [-0.2, -0.15) is 4.79 Å². The van der Waals surface area contributed by atoms with E-state index in [0.29, 0.717) is 10.7 Å². The molecule has 0 amide bonds. The molecule has 0 aliphatic heterocycles. The van der Waals surface area contributed by atoms with Gasteiger partial charge in [-0.1, -0.05) is 23.7 Å². The van der Waals surface area contributed by atoms with Crippen molar-refractivity contribution in [1.29, 1.82) is 0 Å². The zero-order valence-electron chi connectivity index (χ0n) is 7.18. The Kier molecular flexibility index (Phi) is 2.05. The highest BCUT2D eigenvalue weighted by Gasteiger charge is 2.08. The predicted molar refractivity (Wildman–Crippen MR) is 54.5 cm³/mol. The molecule has 14 heavy (non-hydrogen) atoms. The molecule has 72 valence electrons. The van der Waals surface area contributed by atoms with Crippen LogP contribution in [-0.4, -0.2) is 15.0 Å². The van der Waals surface area contributed by atoms with Gasteiger partial charge in [-0.15, -0.1) is 5.10 Å². The highest BCUT2D eigenvalue weighted by molar-refractivity contribution is 6.30. The highest BCUT2D eigenvalue weighted by atomic mass is 35.5. The maximum Gasteiger partial charge on any atom is 0.163 e. The number of rotatable bonds is 1. The molecule has 1 heterocycles. The molecule has 0 atom stereocenters. The number of nitrogens with zero attached hydrogens (tertiary/aromatic N) is 2. The van der Waals surface area contributed by atoms with Crippen LogP contribution >= 0.6 is 11.6 Å². The van der Waals surface area contributed by atoms with Gasteiger partial charge in [0.25, 0.3) is 0 Å². The molecule has 0 unspecified atom stereocenters. The Morgan fingerprint density at radius 2 is 1.93 bits per heavy atom. The van der Waals surface area contributed by atoms with E-state index in [9.17, 15) is 5.11 Å². The van der Waals surface area contributed by atoms with Gasteiger partial charge < -0.3 is 10.9 Å². The number of nitrogen functional groups attached to an aromatic ring is 1. The lowest BCUT2D eigenvalue weighted by Gasteiger charge is -1.96. The highest BCUT2D eigenvalue weighted by Crippen LogP contribution is 2.27. The Morgan fingerprint density at radius 3 is 2.43 bits per heavy atom. The Labute approximate surface area is 85.5 Å². The molecule has 0 aliphatic carbocycles. The number of nitrogens with two attached hydrogens (primary N) is 1. The van der Waals surface area contributed by atoms with Crippen LogP contribution in [-0.2, 0) is 0 Å². The first kappa shape index (κ1) is 8.90. The van der Waals surface area contributed by atoms with E-state index in [4.69, 9.17) is 17.4 Å². The van der Waals surface area contributed by atoms with Gasteiger partial charge in [-0.05, 0) is 12.1 Å². The largest absolute Gasteiger partial charge is 0.504 e. The standard InChI is InChI=1S/C9H8ClN3O/c10-7-3-1-6(2-4-7)9-8(14)5-13(11)12-9/h1-5,14H,11H2. The molecular weight excluding hydrogens is 202 g/mol. The summed E-state index contributed by atoms with van der Waals surface area (Å²) in [5.74, 6) is 5.42. The molecule has 0 saturated carbocycles. The average molecular weight is 210 g/mol. The first-order valence-corrected chi connectivity index (χ1v) is 4.34. The molecule has 0 fully saturated rings. The van der Waals surface area contributed by atoms with Crippen molar-refractivity contribution in [1.82, 2.24) is 9.89 Å². The second-order valence-corrected chi connectivity index (χ2v) is 3.29. The number of hydrogen-bond donors (Lipinski definition) is 2. The number of benzene rings is 1. The zero-order valence-corrected chi connectivity index (χ0v) is 7.94. The van der Waals surface area contributed by atoms with E-state index in [-0.39, 0.29) is 5.75 Å². The van der Waals surface area contributed by atoms with Gasteiger partial charge in [-0.25, -0.2) is 0 Å². The number of aromatic nitrogens is 2. The summed E-state index contributed by atoms with van der Waals surface area (Å²) in [4.78, 5) is 1.07. The molecule has 5 heteroatoms. The molecule has 0 bridgehead atoms. The van der Waals surface area contributed by atoms with Crippen LogP contribution in [0.1, 0.15) is 0 Å². The van der Waals surface area contributed by atoms with Crippen molar-refractivity contribution >= 4 is 11.6 Å². The minimum Gasteiger partial charge on any atom is -0.504 e. The van der Waals surface area contributed by atoms with Crippen LogP contribution in [0.4, 0.5) is 0 Å². The van der Waals surface area contributed by atoms with E-state index in [1.807, 2.05) is 0 Å². The lowest BCUT2D eigenvalue weighted by atomic mass is 10.1. The summed E-state index contributed by atoms with van der Waals surface area (Å²) in [6, 6.07) is 6.99. The maximum atomic E-state index is 9.46. The fourth-order valence-electron chi connectivity index (χ4n) is 1.20. The third-order valence-electron chi connectivity index (χ3n) is 1.83. The molecule has 1 aromatic carbocycles. The Bertz CT molecular complexity index is 450. The second kappa shape index (κ2) is 3.23. The summed E-state index contributed by atoms with van der Waals surface area (Å²) in [5.41, 5.74) is 1.22. The number of hydrogen-bond acceptors (Lipinski definition) is 3. The van der Waals surface area contributed by atoms with Gasteiger partial charge >= 0.3 is 0 Å². The van der Waals surface area contributed by atoms with Crippen molar-refractivity contribution in [3.05, 3.63) is 35.5 Å². The van der Waals surface area contributed by atoms with E-state index < -0.39 is 0 Å². The molecule has 4 nitrogen and oxygen atoms in total. The third kappa shape index (κ3) is 1.52. The van der Waals surface area contributed by atoms with Crippen LogP contribution in [0.3, 0.4) is 0 Å². The molecule has 0 spiro atoms. The summed E-state index contributed by atoms with van der Waals surface area (Å²) in [5, 5.41) is 14.0. The molecule has 0 radical (unpaired) electrons. The van der Waals surface area contributed by atoms with Crippen LogP contribution in [0.15, 0.2) is 30.5 Å². The molecule has 0 aliphatic rings. The summed E-state index contributed by atoms with van der Waals surface area (Å²) in [7, 11) is 0. The van der Waals surface area contributed by atoms with Gasteiger partial charge in [0, 0.05) is 10.6 Å². The van der Waals surface area contributed by atoms with Gasteiger partial charge in [0.05, 0.1) is 6.20 Å². The van der Waals surface area contributed by atoms with Crippen molar-refractivity contribution in [2.75, 3.05) is 5.84 Å². The van der Waals surface area contributed by atoms with E-state index in [1.165, 1.54) is 6.20 Å². The Balaban J connectivity index is 2.49. The third-order valence-corrected chi connectivity index (χ3v) is 2.08. The number of aromatic hydroxyl groups is 1. The monoisotopic (exact) mass is 209 g/mol. The quantitative estimate of drug-likeness (QED) is 0.702. The van der Waals surface area contributed by atoms with Gasteiger partial charge in [0.2, 0.25) is 0 Å². The summed E-state index contributed by atoms with van der Waals surface area (Å²) in [6.07, 6.45) is 1.34. The lowest BCUT2D eigenvalue weighted by Crippen LogP contribution is -2.07. The first-order chi connectivity index (χ1) is 6.66. The maximum absolute atomic E-state index is 9.46. The van der Waals surface area contributed by atoms with Crippen molar-refractivity contribution in [3.63, 3.8) is 0 Å². The van der Waals surface area contributed by atoms with Crippen LogP contribution in [0.2, 0.25) is 5.02 Å². The summed E-state index contributed by atoms with van der Waals surface area (Å²) in [6.45, 7) is 0. The lowest BCUT2D eigenvalue weighted by molar-refractivity contribution is 0.476. The van der Waals surface area contributed by atoms with Crippen molar-refractivity contribution in [2.24, 2.45) is 0 Å². The summed E-state index contributed by atoms with van der Waals surface area (Å²) >= 11 is 5.73. The van der Waals surface area contributed by atoms with Gasteiger partial charge in [0.1, 0.15) is 5.69 Å². The number of halogens is 1. The normalized spacial score (nSPS) is 10.4. The molecule has 3 N–H and O–H groups in total.